The SMILES string of the molecule is COc1ccc2c(c1OC)C(=O)N1[C@@H](C(=O)NCc3ccc(C)cc3)CS[C@H]21. The highest BCUT2D eigenvalue weighted by atomic mass is 32.2. The van der Waals surface area contributed by atoms with Crippen LogP contribution < -0.4 is 14.8 Å². The summed E-state index contributed by atoms with van der Waals surface area (Å²) in [5.41, 5.74) is 3.58. The van der Waals surface area contributed by atoms with Crippen molar-refractivity contribution in [3.05, 3.63) is 58.7 Å². The van der Waals surface area contributed by atoms with Crippen LogP contribution in [-0.4, -0.2) is 42.7 Å². The average Bonchev–Trinajstić information content (AvgIpc) is 3.26. The van der Waals surface area contributed by atoms with Crippen molar-refractivity contribution in [2.45, 2.75) is 24.9 Å². The summed E-state index contributed by atoms with van der Waals surface area (Å²) in [5, 5.41) is 2.80. The lowest BCUT2D eigenvalue weighted by Crippen LogP contribution is -2.45. The zero-order valence-corrected chi connectivity index (χ0v) is 16.8. The van der Waals surface area contributed by atoms with Crippen LogP contribution in [0.3, 0.4) is 0 Å². The number of fused-ring (bicyclic) bond motifs is 3. The molecule has 146 valence electrons. The number of thioether (sulfide) groups is 1. The van der Waals surface area contributed by atoms with Crippen LogP contribution in [0.25, 0.3) is 0 Å². The van der Waals surface area contributed by atoms with Crippen molar-refractivity contribution in [2.75, 3.05) is 20.0 Å². The van der Waals surface area contributed by atoms with Crippen molar-refractivity contribution in [1.29, 1.82) is 0 Å². The Labute approximate surface area is 168 Å². The third kappa shape index (κ3) is 2.99. The smallest absolute Gasteiger partial charge is 0.260 e. The molecule has 6 nitrogen and oxygen atoms in total. The number of methoxy groups -OCH3 is 2. The molecule has 0 aliphatic carbocycles. The van der Waals surface area contributed by atoms with Crippen LogP contribution in [0.2, 0.25) is 0 Å². The fraction of sp³-hybridized carbons (Fsp3) is 0.333. The molecule has 1 N–H and O–H groups in total. The van der Waals surface area contributed by atoms with Gasteiger partial charge in [0.25, 0.3) is 5.91 Å². The van der Waals surface area contributed by atoms with Gasteiger partial charge >= 0.3 is 0 Å². The summed E-state index contributed by atoms with van der Waals surface area (Å²) in [5.74, 6) is 1.20. The highest BCUT2D eigenvalue weighted by molar-refractivity contribution is 7.99. The lowest BCUT2D eigenvalue weighted by atomic mass is 10.1. The predicted octanol–water partition coefficient (Wildman–Crippen LogP) is 2.90. The Morgan fingerprint density at radius 3 is 2.61 bits per heavy atom. The Hall–Kier alpha value is -2.67. The van der Waals surface area contributed by atoms with E-state index in [0.29, 0.717) is 29.4 Å². The Morgan fingerprint density at radius 1 is 1.18 bits per heavy atom. The molecule has 0 unspecified atom stereocenters. The summed E-state index contributed by atoms with van der Waals surface area (Å²) in [6, 6.07) is 11.2. The van der Waals surface area contributed by atoms with E-state index in [-0.39, 0.29) is 17.2 Å². The molecule has 2 aromatic carbocycles. The zero-order valence-electron chi connectivity index (χ0n) is 16.0. The second-order valence-corrected chi connectivity index (χ2v) is 8.00. The molecule has 0 saturated carbocycles. The van der Waals surface area contributed by atoms with Crippen molar-refractivity contribution < 1.29 is 19.1 Å². The number of nitrogens with zero attached hydrogens (tertiary/aromatic N) is 1. The minimum atomic E-state index is -0.504. The maximum atomic E-state index is 13.1. The number of hydrogen-bond acceptors (Lipinski definition) is 5. The normalized spacial score (nSPS) is 20.0. The number of hydrogen-bond donors (Lipinski definition) is 1. The molecule has 2 amide bonds. The number of rotatable bonds is 5. The fourth-order valence-electron chi connectivity index (χ4n) is 3.71. The van der Waals surface area contributed by atoms with Crippen LogP contribution in [0.15, 0.2) is 36.4 Å². The first-order valence-corrected chi connectivity index (χ1v) is 10.1. The van der Waals surface area contributed by atoms with E-state index in [4.69, 9.17) is 9.47 Å². The predicted molar refractivity (Wildman–Crippen MR) is 108 cm³/mol. The molecule has 7 heteroatoms. The van der Waals surface area contributed by atoms with E-state index < -0.39 is 6.04 Å². The first-order valence-electron chi connectivity index (χ1n) is 9.07. The number of aryl methyl sites for hydroxylation is 1. The van der Waals surface area contributed by atoms with E-state index in [2.05, 4.69) is 5.32 Å². The minimum absolute atomic E-state index is 0.136. The lowest BCUT2D eigenvalue weighted by molar-refractivity contribution is -0.124. The van der Waals surface area contributed by atoms with Crippen molar-refractivity contribution in [1.82, 2.24) is 10.2 Å². The van der Waals surface area contributed by atoms with Crippen molar-refractivity contribution >= 4 is 23.6 Å². The number of benzene rings is 2. The van der Waals surface area contributed by atoms with E-state index in [1.54, 1.807) is 29.8 Å². The van der Waals surface area contributed by atoms with Gasteiger partial charge in [-0.25, -0.2) is 0 Å². The molecule has 4 rings (SSSR count). The van der Waals surface area contributed by atoms with Crippen molar-refractivity contribution in [2.24, 2.45) is 0 Å². The highest BCUT2D eigenvalue weighted by Gasteiger charge is 2.50. The van der Waals surface area contributed by atoms with Gasteiger partial charge < -0.3 is 19.7 Å². The number of amides is 2. The average molecular weight is 398 g/mol. The fourth-order valence-corrected chi connectivity index (χ4v) is 5.16. The summed E-state index contributed by atoms with van der Waals surface area (Å²) < 4.78 is 10.8. The monoisotopic (exact) mass is 398 g/mol. The molecule has 1 fully saturated rings. The summed E-state index contributed by atoms with van der Waals surface area (Å²) in [6.07, 6.45) is 0. The number of nitrogens with one attached hydrogen (secondary N) is 1. The van der Waals surface area contributed by atoms with Gasteiger partial charge in [-0.15, -0.1) is 11.8 Å². The molecule has 2 atom stereocenters. The first kappa shape index (κ1) is 18.7. The Kier molecular flexibility index (Phi) is 4.93. The van der Waals surface area contributed by atoms with Gasteiger partial charge in [-0.1, -0.05) is 35.9 Å². The van der Waals surface area contributed by atoms with Gasteiger partial charge in [0.1, 0.15) is 11.4 Å². The standard InChI is InChI=1S/C21H22N2O4S/c1-12-4-6-13(7-5-12)10-22-19(24)15-11-28-21-14-8-9-16(26-2)18(27-3)17(14)20(25)23(15)21/h4-9,15,21H,10-11H2,1-3H3,(H,22,24)/t15-,21-/m1/s1. The number of carbonyl (C=O) groups excluding carboxylic acids is 2. The van der Waals surface area contributed by atoms with Crippen LogP contribution in [0, 0.1) is 6.92 Å². The maximum absolute atomic E-state index is 13.1. The molecule has 2 aliphatic rings. The molecular formula is C21H22N2O4S. The van der Waals surface area contributed by atoms with Crippen LogP contribution in [-0.2, 0) is 11.3 Å². The second-order valence-electron chi connectivity index (χ2n) is 6.88. The Balaban J connectivity index is 1.54. The van der Waals surface area contributed by atoms with E-state index in [0.717, 1.165) is 11.1 Å². The quantitative estimate of drug-likeness (QED) is 0.839. The van der Waals surface area contributed by atoms with Crippen LogP contribution in [0.1, 0.15) is 32.4 Å². The highest BCUT2D eigenvalue weighted by Crippen LogP contribution is 2.52. The third-order valence-corrected chi connectivity index (χ3v) is 6.49. The van der Waals surface area contributed by atoms with E-state index in [1.807, 2.05) is 37.3 Å². The van der Waals surface area contributed by atoms with Gasteiger partial charge in [0.2, 0.25) is 5.91 Å². The van der Waals surface area contributed by atoms with Crippen LogP contribution in [0.4, 0.5) is 0 Å². The third-order valence-electron chi connectivity index (χ3n) is 5.18. The molecule has 0 spiro atoms. The summed E-state index contributed by atoms with van der Waals surface area (Å²) in [4.78, 5) is 27.6. The largest absolute Gasteiger partial charge is 0.493 e. The zero-order chi connectivity index (χ0) is 19.8. The van der Waals surface area contributed by atoms with Gasteiger partial charge in [-0.05, 0) is 18.6 Å². The molecular weight excluding hydrogens is 376 g/mol. The van der Waals surface area contributed by atoms with Gasteiger partial charge in [-0.2, -0.15) is 0 Å². The van der Waals surface area contributed by atoms with E-state index >= 15 is 0 Å². The molecule has 2 heterocycles. The Morgan fingerprint density at radius 2 is 1.93 bits per heavy atom. The first-order chi connectivity index (χ1) is 13.5. The number of ether oxygens (including phenoxy) is 2. The lowest BCUT2D eigenvalue weighted by Gasteiger charge is -2.22. The molecule has 0 radical (unpaired) electrons. The maximum Gasteiger partial charge on any atom is 0.260 e. The minimum Gasteiger partial charge on any atom is -0.493 e. The van der Waals surface area contributed by atoms with Gasteiger partial charge in [0.15, 0.2) is 11.5 Å². The summed E-state index contributed by atoms with van der Waals surface area (Å²) in [7, 11) is 3.06. The van der Waals surface area contributed by atoms with E-state index in [9.17, 15) is 9.59 Å². The molecule has 0 aromatic heterocycles. The van der Waals surface area contributed by atoms with Gasteiger partial charge in [-0.3, -0.25) is 9.59 Å². The molecule has 1 saturated heterocycles. The summed E-state index contributed by atoms with van der Waals surface area (Å²) in [6.45, 7) is 2.47. The molecule has 2 aromatic rings. The van der Waals surface area contributed by atoms with E-state index in [1.165, 1.54) is 12.7 Å². The van der Waals surface area contributed by atoms with Gasteiger partial charge in [0, 0.05) is 17.9 Å². The van der Waals surface area contributed by atoms with Crippen LogP contribution >= 0.6 is 11.8 Å². The van der Waals surface area contributed by atoms with Crippen molar-refractivity contribution in [3.8, 4) is 11.5 Å². The molecule has 2 aliphatic heterocycles. The second kappa shape index (κ2) is 7.39. The van der Waals surface area contributed by atoms with Crippen LogP contribution in [0.5, 0.6) is 11.5 Å². The molecule has 0 bridgehead atoms. The molecule has 28 heavy (non-hydrogen) atoms. The summed E-state index contributed by atoms with van der Waals surface area (Å²) >= 11 is 1.60. The number of carbonyl (C=O) groups is 2. The van der Waals surface area contributed by atoms with Crippen molar-refractivity contribution in [3.63, 3.8) is 0 Å². The Bertz CT molecular complexity index is 929. The van der Waals surface area contributed by atoms with Gasteiger partial charge in [0.05, 0.1) is 19.8 Å². The topological polar surface area (TPSA) is 67.9 Å².